The molecule has 0 unspecified atom stereocenters. The molecule has 2 heterocycles. The minimum absolute atomic E-state index is 0.0562. The van der Waals surface area contributed by atoms with Crippen molar-refractivity contribution in [3.63, 3.8) is 0 Å². The van der Waals surface area contributed by atoms with E-state index in [9.17, 15) is 14.7 Å². The molecular weight excluding hydrogens is 430 g/mol. The van der Waals surface area contributed by atoms with Crippen LogP contribution in [0.2, 0.25) is 0 Å². The number of rotatable bonds is 6. The van der Waals surface area contributed by atoms with E-state index >= 15 is 0 Å². The molecule has 34 heavy (non-hydrogen) atoms. The Morgan fingerprint density at radius 2 is 1.94 bits per heavy atom. The number of cyclic esters (lactones) is 1. The molecule has 0 aromatic heterocycles. The Morgan fingerprint density at radius 3 is 2.59 bits per heavy atom. The maximum Gasteiger partial charge on any atom is 0.308 e. The predicted octanol–water partition coefficient (Wildman–Crippen LogP) is 5.08. The SMILES string of the molecule is Cc1c2c(c(CC[C@@H]3C[C@@H](O)CC(=O)O3)c(C(C)C)c1NC(=O)c1ccccc1)OC(C)(C)C2. The second-order valence-corrected chi connectivity index (χ2v) is 10.5. The summed E-state index contributed by atoms with van der Waals surface area (Å²) in [5, 5.41) is 13.2. The van der Waals surface area contributed by atoms with Crippen LogP contribution in [0.3, 0.4) is 0 Å². The van der Waals surface area contributed by atoms with Gasteiger partial charge in [0.2, 0.25) is 0 Å². The van der Waals surface area contributed by atoms with Crippen molar-refractivity contribution in [2.24, 2.45) is 0 Å². The van der Waals surface area contributed by atoms with Crippen molar-refractivity contribution in [3.8, 4) is 5.75 Å². The summed E-state index contributed by atoms with van der Waals surface area (Å²) in [6.45, 7) is 10.4. The van der Waals surface area contributed by atoms with Crippen LogP contribution in [0.1, 0.15) is 85.5 Å². The molecule has 2 aromatic carbocycles. The molecule has 1 amide bonds. The number of amides is 1. The van der Waals surface area contributed by atoms with Crippen molar-refractivity contribution in [1.82, 2.24) is 0 Å². The van der Waals surface area contributed by atoms with E-state index in [1.54, 1.807) is 0 Å². The summed E-state index contributed by atoms with van der Waals surface area (Å²) in [4.78, 5) is 25.0. The summed E-state index contributed by atoms with van der Waals surface area (Å²) in [5.74, 6) is 0.539. The maximum absolute atomic E-state index is 13.1. The van der Waals surface area contributed by atoms with Gasteiger partial charge in [-0.1, -0.05) is 32.0 Å². The van der Waals surface area contributed by atoms with Crippen molar-refractivity contribution in [2.45, 2.75) is 90.4 Å². The van der Waals surface area contributed by atoms with Gasteiger partial charge in [0, 0.05) is 35.2 Å². The Balaban J connectivity index is 1.74. The molecular formula is C28H35NO5. The van der Waals surface area contributed by atoms with Crippen LogP contribution in [0.15, 0.2) is 30.3 Å². The Morgan fingerprint density at radius 1 is 1.24 bits per heavy atom. The van der Waals surface area contributed by atoms with Crippen molar-refractivity contribution in [2.75, 3.05) is 5.32 Å². The van der Waals surface area contributed by atoms with E-state index < -0.39 is 6.10 Å². The Kier molecular flexibility index (Phi) is 6.72. The summed E-state index contributed by atoms with van der Waals surface area (Å²) in [5.41, 5.74) is 5.38. The molecule has 1 fully saturated rings. The van der Waals surface area contributed by atoms with Gasteiger partial charge in [0.25, 0.3) is 5.91 Å². The van der Waals surface area contributed by atoms with Crippen LogP contribution in [0.25, 0.3) is 0 Å². The first-order chi connectivity index (χ1) is 16.1. The summed E-state index contributed by atoms with van der Waals surface area (Å²) >= 11 is 0. The standard InChI is InChI=1S/C28H35NO5/c1-16(2)24-21(12-11-20-13-19(30)14-23(31)33-20)26-22(15-28(4,5)34-26)17(3)25(24)29-27(32)18-9-7-6-8-10-18/h6-10,16,19-20,30H,11-15H2,1-5H3,(H,29,32)/t19-,20-/m1/s1. The first kappa shape index (κ1) is 24.3. The van der Waals surface area contributed by atoms with Gasteiger partial charge < -0.3 is 19.9 Å². The number of carbonyl (C=O) groups is 2. The Hall–Kier alpha value is -2.86. The average molecular weight is 466 g/mol. The number of aliphatic hydroxyl groups is 1. The number of fused-ring (bicyclic) bond motifs is 1. The number of aliphatic hydroxyl groups excluding tert-OH is 1. The van der Waals surface area contributed by atoms with Gasteiger partial charge in [-0.3, -0.25) is 9.59 Å². The number of hydrogen-bond acceptors (Lipinski definition) is 5. The fraction of sp³-hybridized carbons (Fsp3) is 0.500. The van der Waals surface area contributed by atoms with Gasteiger partial charge in [0.05, 0.1) is 12.5 Å². The lowest BCUT2D eigenvalue weighted by molar-refractivity contribution is -0.160. The first-order valence-electron chi connectivity index (χ1n) is 12.2. The van der Waals surface area contributed by atoms with Gasteiger partial charge in [-0.05, 0) is 62.8 Å². The van der Waals surface area contributed by atoms with Crippen molar-refractivity contribution in [3.05, 3.63) is 58.1 Å². The minimum Gasteiger partial charge on any atom is -0.487 e. The molecule has 4 rings (SSSR count). The van der Waals surface area contributed by atoms with E-state index in [0.29, 0.717) is 24.8 Å². The highest BCUT2D eigenvalue weighted by atomic mass is 16.5. The van der Waals surface area contributed by atoms with Crippen molar-refractivity contribution >= 4 is 17.6 Å². The van der Waals surface area contributed by atoms with E-state index in [4.69, 9.17) is 9.47 Å². The number of anilines is 1. The number of esters is 1. The van der Waals surface area contributed by atoms with Gasteiger partial charge in [-0.2, -0.15) is 0 Å². The Labute approximate surface area is 201 Å². The number of benzene rings is 2. The molecule has 2 aliphatic rings. The zero-order valence-corrected chi connectivity index (χ0v) is 20.7. The summed E-state index contributed by atoms with van der Waals surface area (Å²) in [7, 11) is 0. The molecule has 6 nitrogen and oxygen atoms in total. The van der Waals surface area contributed by atoms with Crippen LogP contribution in [0, 0.1) is 6.92 Å². The monoisotopic (exact) mass is 465 g/mol. The lowest BCUT2D eigenvalue weighted by atomic mass is 9.84. The van der Waals surface area contributed by atoms with Crippen molar-refractivity contribution in [1.29, 1.82) is 0 Å². The second-order valence-electron chi connectivity index (χ2n) is 10.5. The number of carbonyl (C=O) groups excluding carboxylic acids is 2. The zero-order valence-electron chi connectivity index (χ0n) is 20.7. The summed E-state index contributed by atoms with van der Waals surface area (Å²) in [6, 6.07) is 9.22. The highest BCUT2D eigenvalue weighted by Crippen LogP contribution is 2.48. The van der Waals surface area contributed by atoms with E-state index in [1.165, 1.54) is 0 Å². The third-order valence-corrected chi connectivity index (χ3v) is 6.75. The smallest absolute Gasteiger partial charge is 0.308 e. The first-order valence-corrected chi connectivity index (χ1v) is 12.2. The van der Waals surface area contributed by atoms with Crippen LogP contribution < -0.4 is 10.1 Å². The minimum atomic E-state index is -0.657. The van der Waals surface area contributed by atoms with Crippen LogP contribution in [-0.2, 0) is 22.4 Å². The fourth-order valence-corrected chi connectivity index (χ4v) is 5.22. The molecule has 2 aliphatic heterocycles. The van der Waals surface area contributed by atoms with Gasteiger partial charge >= 0.3 is 5.97 Å². The number of hydrogen-bond donors (Lipinski definition) is 2. The van der Waals surface area contributed by atoms with Crippen LogP contribution in [0.5, 0.6) is 5.75 Å². The molecule has 0 saturated carbocycles. The molecule has 2 atom stereocenters. The molecule has 0 spiro atoms. The topological polar surface area (TPSA) is 84.9 Å². The highest BCUT2D eigenvalue weighted by molar-refractivity contribution is 6.05. The molecule has 0 radical (unpaired) electrons. The van der Waals surface area contributed by atoms with E-state index in [0.717, 1.165) is 40.1 Å². The molecule has 182 valence electrons. The molecule has 6 heteroatoms. The normalized spacial score (nSPS) is 21.1. The molecule has 0 aliphatic carbocycles. The van der Waals surface area contributed by atoms with Gasteiger partial charge in [0.15, 0.2) is 0 Å². The van der Waals surface area contributed by atoms with Crippen LogP contribution >= 0.6 is 0 Å². The van der Waals surface area contributed by atoms with E-state index in [-0.39, 0.29) is 35.9 Å². The third kappa shape index (κ3) is 4.97. The average Bonchev–Trinajstić information content (AvgIpc) is 3.09. The van der Waals surface area contributed by atoms with Crippen LogP contribution in [-0.4, -0.2) is 34.8 Å². The van der Waals surface area contributed by atoms with E-state index in [2.05, 4.69) is 39.9 Å². The lowest BCUT2D eigenvalue weighted by Gasteiger charge is -2.28. The lowest BCUT2D eigenvalue weighted by Crippen LogP contribution is -2.33. The highest BCUT2D eigenvalue weighted by Gasteiger charge is 2.37. The number of ether oxygens (including phenoxy) is 2. The summed E-state index contributed by atoms with van der Waals surface area (Å²) in [6.07, 6.45) is 1.49. The molecule has 0 bridgehead atoms. The summed E-state index contributed by atoms with van der Waals surface area (Å²) < 4.78 is 12.0. The van der Waals surface area contributed by atoms with Crippen LogP contribution in [0.4, 0.5) is 5.69 Å². The van der Waals surface area contributed by atoms with Gasteiger partial charge in [-0.15, -0.1) is 0 Å². The Bertz CT molecular complexity index is 1090. The van der Waals surface area contributed by atoms with Gasteiger partial charge in [0.1, 0.15) is 17.5 Å². The van der Waals surface area contributed by atoms with Crippen molar-refractivity contribution < 1.29 is 24.2 Å². The molecule has 2 N–H and O–H groups in total. The quantitative estimate of drug-likeness (QED) is 0.581. The second kappa shape index (κ2) is 9.41. The molecule has 1 saturated heterocycles. The zero-order chi connectivity index (χ0) is 24.6. The third-order valence-electron chi connectivity index (χ3n) is 6.75. The van der Waals surface area contributed by atoms with Gasteiger partial charge in [-0.25, -0.2) is 0 Å². The number of nitrogens with one attached hydrogen (secondary N) is 1. The largest absolute Gasteiger partial charge is 0.487 e. The molecule has 2 aromatic rings. The van der Waals surface area contributed by atoms with E-state index in [1.807, 2.05) is 30.3 Å². The predicted molar refractivity (Wildman–Crippen MR) is 132 cm³/mol. The maximum atomic E-state index is 13.1. The fourth-order valence-electron chi connectivity index (χ4n) is 5.22.